The summed E-state index contributed by atoms with van der Waals surface area (Å²) in [5, 5.41) is 14.6. The van der Waals surface area contributed by atoms with Gasteiger partial charge in [-0.15, -0.1) is 5.10 Å². The predicted octanol–water partition coefficient (Wildman–Crippen LogP) is 4.80. The van der Waals surface area contributed by atoms with E-state index in [-0.39, 0.29) is 11.8 Å². The molecule has 0 aliphatic carbocycles. The summed E-state index contributed by atoms with van der Waals surface area (Å²) in [5.74, 6) is 0.447. The first kappa shape index (κ1) is 15.5. The van der Waals surface area contributed by atoms with Gasteiger partial charge in [0.1, 0.15) is 5.82 Å². The van der Waals surface area contributed by atoms with E-state index < -0.39 is 0 Å². The van der Waals surface area contributed by atoms with Gasteiger partial charge in [0.05, 0.1) is 16.2 Å². The van der Waals surface area contributed by atoms with Crippen LogP contribution in [0.15, 0.2) is 48.7 Å². The number of hydrogen-bond acceptors (Lipinski definition) is 5. The highest BCUT2D eigenvalue weighted by molar-refractivity contribution is 6.42. The van der Waals surface area contributed by atoms with E-state index in [0.717, 1.165) is 0 Å². The second kappa shape index (κ2) is 6.76. The highest BCUT2D eigenvalue weighted by atomic mass is 35.5. The third-order valence-electron chi connectivity index (χ3n) is 2.85. The summed E-state index contributed by atoms with van der Waals surface area (Å²) < 4.78 is 12.9. The maximum Gasteiger partial charge on any atom is 0.249 e. The van der Waals surface area contributed by atoms with Gasteiger partial charge in [-0.2, -0.15) is 10.1 Å². The molecule has 8 heteroatoms. The van der Waals surface area contributed by atoms with Crippen LogP contribution >= 0.6 is 23.2 Å². The number of nitrogens with zero attached hydrogens (tertiary/aromatic N) is 3. The van der Waals surface area contributed by atoms with Gasteiger partial charge in [-0.25, -0.2) is 4.39 Å². The Hall–Kier alpha value is -2.44. The van der Waals surface area contributed by atoms with Gasteiger partial charge in [0.25, 0.3) is 0 Å². The van der Waals surface area contributed by atoms with Crippen molar-refractivity contribution >= 4 is 46.3 Å². The monoisotopic (exact) mass is 349 g/mol. The van der Waals surface area contributed by atoms with E-state index in [4.69, 9.17) is 23.2 Å². The van der Waals surface area contributed by atoms with Crippen LogP contribution in [0.1, 0.15) is 0 Å². The van der Waals surface area contributed by atoms with Gasteiger partial charge >= 0.3 is 0 Å². The molecule has 0 amide bonds. The molecule has 5 nitrogen and oxygen atoms in total. The summed E-state index contributed by atoms with van der Waals surface area (Å²) in [5.41, 5.74) is 1.37. The van der Waals surface area contributed by atoms with Crippen LogP contribution in [0.3, 0.4) is 0 Å². The molecule has 0 aliphatic rings. The first-order chi connectivity index (χ1) is 11.1. The average molecular weight is 350 g/mol. The molecule has 0 bridgehead atoms. The molecule has 1 heterocycles. The minimum absolute atomic E-state index is 0.288. The lowest BCUT2D eigenvalue weighted by molar-refractivity contribution is 0.628. The predicted molar refractivity (Wildman–Crippen MR) is 89.3 cm³/mol. The molecule has 2 N–H and O–H groups in total. The topological polar surface area (TPSA) is 62.7 Å². The van der Waals surface area contributed by atoms with Crippen LogP contribution in [0.4, 0.5) is 27.5 Å². The van der Waals surface area contributed by atoms with Gasteiger partial charge in [0.15, 0.2) is 5.82 Å². The van der Waals surface area contributed by atoms with E-state index in [9.17, 15) is 4.39 Å². The highest BCUT2D eigenvalue weighted by Gasteiger charge is 2.04. The van der Waals surface area contributed by atoms with Crippen LogP contribution in [0, 0.1) is 5.82 Å². The fraction of sp³-hybridized carbons (Fsp3) is 0. The van der Waals surface area contributed by atoms with E-state index in [1.807, 2.05) is 0 Å². The molecule has 3 aromatic rings. The van der Waals surface area contributed by atoms with E-state index >= 15 is 0 Å². The molecular formula is C15H10Cl2FN5. The van der Waals surface area contributed by atoms with E-state index in [1.165, 1.54) is 18.3 Å². The summed E-state index contributed by atoms with van der Waals surface area (Å²) in [6.45, 7) is 0. The molecule has 0 atom stereocenters. The fourth-order valence-electron chi connectivity index (χ4n) is 1.80. The van der Waals surface area contributed by atoms with Crippen molar-refractivity contribution in [3.63, 3.8) is 0 Å². The van der Waals surface area contributed by atoms with Crippen molar-refractivity contribution in [1.82, 2.24) is 15.2 Å². The summed E-state index contributed by atoms with van der Waals surface area (Å²) in [6, 6.07) is 11.0. The number of aromatic nitrogens is 3. The zero-order valence-corrected chi connectivity index (χ0v) is 13.1. The van der Waals surface area contributed by atoms with E-state index in [2.05, 4.69) is 25.8 Å². The summed E-state index contributed by atoms with van der Waals surface area (Å²) in [7, 11) is 0. The van der Waals surface area contributed by atoms with Crippen LogP contribution < -0.4 is 10.6 Å². The van der Waals surface area contributed by atoms with Crippen LogP contribution in [-0.4, -0.2) is 15.2 Å². The Labute approximate surface area is 141 Å². The van der Waals surface area contributed by atoms with Crippen molar-refractivity contribution in [2.75, 3.05) is 10.6 Å². The first-order valence-corrected chi connectivity index (χ1v) is 7.30. The standard InChI is InChI=1S/C15H10Cl2FN5/c16-12-6-5-11(7-13(12)17)21-15-22-14(8-19-23-15)20-10-3-1-9(18)2-4-10/h1-8H,(H2,20,21,22,23). The summed E-state index contributed by atoms with van der Waals surface area (Å²) in [6.07, 6.45) is 1.46. The van der Waals surface area contributed by atoms with Crippen molar-refractivity contribution in [1.29, 1.82) is 0 Å². The molecule has 0 spiro atoms. The lowest BCUT2D eigenvalue weighted by atomic mass is 10.3. The normalized spacial score (nSPS) is 10.4. The van der Waals surface area contributed by atoms with Crippen LogP contribution in [0.5, 0.6) is 0 Å². The maximum atomic E-state index is 12.9. The molecule has 0 saturated carbocycles. The molecule has 0 unspecified atom stereocenters. The molecule has 0 fully saturated rings. The summed E-state index contributed by atoms with van der Waals surface area (Å²) >= 11 is 11.8. The molecule has 116 valence electrons. The van der Waals surface area contributed by atoms with Crippen LogP contribution in [0.25, 0.3) is 0 Å². The van der Waals surface area contributed by atoms with Crippen molar-refractivity contribution in [2.24, 2.45) is 0 Å². The van der Waals surface area contributed by atoms with Gasteiger partial charge in [-0.3, -0.25) is 0 Å². The third-order valence-corrected chi connectivity index (χ3v) is 3.59. The number of benzene rings is 2. The van der Waals surface area contributed by atoms with Gasteiger partial charge in [0.2, 0.25) is 5.95 Å². The third kappa shape index (κ3) is 4.06. The van der Waals surface area contributed by atoms with Crippen molar-refractivity contribution in [3.05, 3.63) is 64.5 Å². The highest BCUT2D eigenvalue weighted by Crippen LogP contribution is 2.26. The second-order valence-corrected chi connectivity index (χ2v) is 5.37. The average Bonchev–Trinajstić information content (AvgIpc) is 2.54. The number of hydrogen-bond donors (Lipinski definition) is 2. The fourth-order valence-corrected chi connectivity index (χ4v) is 2.10. The van der Waals surface area contributed by atoms with Crippen LogP contribution in [0.2, 0.25) is 10.0 Å². The number of anilines is 4. The van der Waals surface area contributed by atoms with Gasteiger partial charge in [-0.05, 0) is 42.5 Å². The molecule has 23 heavy (non-hydrogen) atoms. The second-order valence-electron chi connectivity index (χ2n) is 4.55. The first-order valence-electron chi connectivity index (χ1n) is 6.54. The Bertz CT molecular complexity index is 826. The molecule has 0 saturated heterocycles. The SMILES string of the molecule is Fc1ccc(Nc2cnnc(Nc3ccc(Cl)c(Cl)c3)n2)cc1. The molecule has 0 radical (unpaired) electrons. The maximum absolute atomic E-state index is 12.9. The minimum Gasteiger partial charge on any atom is -0.339 e. The number of rotatable bonds is 4. The van der Waals surface area contributed by atoms with Crippen molar-refractivity contribution in [2.45, 2.75) is 0 Å². The largest absolute Gasteiger partial charge is 0.339 e. The molecule has 0 aliphatic heterocycles. The lowest BCUT2D eigenvalue weighted by Gasteiger charge is -2.08. The molecular weight excluding hydrogens is 340 g/mol. The Morgan fingerprint density at radius 2 is 1.61 bits per heavy atom. The number of halogens is 3. The Morgan fingerprint density at radius 3 is 2.35 bits per heavy atom. The van der Waals surface area contributed by atoms with Crippen molar-refractivity contribution in [3.8, 4) is 0 Å². The Morgan fingerprint density at radius 1 is 0.870 bits per heavy atom. The van der Waals surface area contributed by atoms with E-state index in [0.29, 0.717) is 27.2 Å². The summed E-state index contributed by atoms with van der Waals surface area (Å²) in [4.78, 5) is 4.27. The zero-order valence-electron chi connectivity index (χ0n) is 11.6. The van der Waals surface area contributed by atoms with E-state index in [1.54, 1.807) is 30.3 Å². The smallest absolute Gasteiger partial charge is 0.249 e. The Kier molecular flexibility index (Phi) is 4.55. The zero-order chi connectivity index (χ0) is 16.2. The number of nitrogens with one attached hydrogen (secondary N) is 2. The van der Waals surface area contributed by atoms with Crippen molar-refractivity contribution < 1.29 is 4.39 Å². The molecule has 2 aromatic carbocycles. The van der Waals surface area contributed by atoms with Gasteiger partial charge in [0, 0.05) is 11.4 Å². The molecule has 3 rings (SSSR count). The lowest BCUT2D eigenvalue weighted by Crippen LogP contribution is -2.02. The van der Waals surface area contributed by atoms with Gasteiger partial charge < -0.3 is 10.6 Å². The quantitative estimate of drug-likeness (QED) is 0.707. The molecule has 1 aromatic heterocycles. The van der Waals surface area contributed by atoms with Crippen LogP contribution in [-0.2, 0) is 0 Å². The minimum atomic E-state index is -0.307. The Balaban J connectivity index is 1.76. The van der Waals surface area contributed by atoms with Gasteiger partial charge in [-0.1, -0.05) is 23.2 Å².